The molecular formula is C71H51F3O21S6. The van der Waals surface area contributed by atoms with Gasteiger partial charge in [0.15, 0.2) is 5.78 Å². The maximum atomic E-state index is 15.4. The summed E-state index contributed by atoms with van der Waals surface area (Å²) in [4.78, 5) is 8.33. The summed E-state index contributed by atoms with van der Waals surface area (Å²) in [5.74, 6) is -0.569. The second kappa shape index (κ2) is 29.3. The molecule has 21 nitrogen and oxygen atoms in total. The van der Waals surface area contributed by atoms with Crippen LogP contribution in [-0.4, -0.2) is 75.3 Å². The van der Waals surface area contributed by atoms with E-state index < -0.39 is 77.5 Å². The van der Waals surface area contributed by atoms with Crippen LogP contribution >= 0.6 is 24.1 Å². The summed E-state index contributed by atoms with van der Waals surface area (Å²) in [5.41, 5.74) is 2.29. The summed E-state index contributed by atoms with van der Waals surface area (Å²) in [6.07, 6.45) is -5.06. The van der Waals surface area contributed by atoms with Crippen molar-refractivity contribution in [1.82, 2.24) is 0 Å². The molecule has 101 heavy (non-hydrogen) atoms. The van der Waals surface area contributed by atoms with Gasteiger partial charge in [-0.05, 0) is 223 Å². The van der Waals surface area contributed by atoms with Crippen LogP contribution in [0.3, 0.4) is 0 Å². The first kappa shape index (κ1) is 72.8. The van der Waals surface area contributed by atoms with Crippen molar-refractivity contribution < 1.29 is 109 Å². The summed E-state index contributed by atoms with van der Waals surface area (Å²) in [5, 5.41) is 26.6. The van der Waals surface area contributed by atoms with Crippen molar-refractivity contribution >= 4 is 70.3 Å². The molecule has 11 aromatic carbocycles. The molecule has 0 saturated carbocycles. The fourth-order valence-corrected chi connectivity index (χ4v) is 15.9. The summed E-state index contributed by atoms with van der Waals surface area (Å²) in [6, 6.07) is 50.1. The molecule has 0 amide bonds. The molecule has 518 valence electrons. The quantitative estimate of drug-likeness (QED) is 0.0114. The first-order chi connectivity index (χ1) is 47.8. The number of halogens is 3. The van der Waals surface area contributed by atoms with Crippen molar-refractivity contribution in [3.63, 3.8) is 0 Å². The monoisotopic (exact) mass is 1490 g/mol. The van der Waals surface area contributed by atoms with E-state index in [2.05, 4.69) is 10.1 Å². The van der Waals surface area contributed by atoms with Gasteiger partial charge in [0.05, 0.1) is 36.8 Å². The molecule has 0 spiro atoms. The van der Waals surface area contributed by atoms with Crippen molar-refractivity contribution in [2.75, 3.05) is 7.11 Å². The van der Waals surface area contributed by atoms with Crippen LogP contribution in [0.1, 0.15) is 32.6 Å². The van der Waals surface area contributed by atoms with Gasteiger partial charge >= 0.3 is 6.18 Å². The van der Waals surface area contributed by atoms with E-state index in [4.69, 9.17) is 18.1 Å². The van der Waals surface area contributed by atoms with E-state index in [0.29, 0.717) is 65.2 Å². The van der Waals surface area contributed by atoms with Crippen LogP contribution in [0.5, 0.6) is 17.2 Å². The van der Waals surface area contributed by atoms with E-state index in [1.807, 2.05) is 32.0 Å². The first-order valence-electron chi connectivity index (χ1n) is 29.2. The normalized spacial score (nSPS) is 12.2. The van der Waals surface area contributed by atoms with Crippen LogP contribution < -0.4 is 9.47 Å². The molecule has 6 N–H and O–H groups in total. The minimum absolute atomic E-state index is 0.00702. The van der Waals surface area contributed by atoms with Crippen molar-refractivity contribution in [3.05, 3.63) is 246 Å². The van der Waals surface area contributed by atoms with Crippen molar-refractivity contribution in [2.45, 2.75) is 49.4 Å². The van der Waals surface area contributed by atoms with E-state index in [1.54, 1.807) is 60.7 Å². The number of carbonyl (C=O) groups is 1. The topological polar surface area (TPSA) is 330 Å². The van der Waals surface area contributed by atoms with Crippen LogP contribution in [0, 0.1) is 13.8 Å². The maximum Gasteiger partial charge on any atom is 0.420 e. The minimum atomic E-state index is -5.69. The fraction of sp³-hybridized carbons (Fsp3) is 0.0563. The first-order valence-corrected chi connectivity index (χ1v) is 36.5. The average molecular weight is 1490 g/mol. The largest absolute Gasteiger partial charge is 0.497 e. The number of alkyl halides is 3. The van der Waals surface area contributed by atoms with E-state index in [-0.39, 0.29) is 105 Å². The smallest absolute Gasteiger partial charge is 0.420 e. The van der Waals surface area contributed by atoms with E-state index in [1.165, 1.54) is 98.1 Å². The predicted molar refractivity (Wildman–Crippen MR) is 368 cm³/mol. The molecule has 0 saturated heterocycles. The third kappa shape index (κ3) is 16.0. The van der Waals surface area contributed by atoms with E-state index in [9.17, 15) is 67.2 Å². The number of carbonyl (C=O) groups excluding carboxylic acids is 1. The molecule has 0 aliphatic rings. The zero-order valence-corrected chi connectivity index (χ0v) is 57.1. The zero-order chi connectivity index (χ0) is 72.5. The SMILES string of the molecule is COc1ccc(C(=O)c2ccc(Oc3ccc(-c4ccc(-c5c(-c6ccc(S(=O)(=O)O)c(S(=O)(=O)O)c6)c(-c6cccc(SOOO)c6)c(-c6ccc(-c7ccc(C)c(C)c7)cc6)c(-c6cccc(SOOO)c6)c5-c5ccc(S(=O)(=O)O)c(S(=O)(=O)O)c5)cc4)cc3C(F)(F)F)cc2)cc1. The third-order valence-corrected chi connectivity index (χ3v) is 21.2. The lowest BCUT2D eigenvalue weighted by Gasteiger charge is -2.29. The Morgan fingerprint density at radius 2 is 0.733 bits per heavy atom. The Balaban J connectivity index is 1.26. The van der Waals surface area contributed by atoms with Crippen LogP contribution in [0.4, 0.5) is 13.2 Å². The molecule has 0 radical (unpaired) electrons. The lowest BCUT2D eigenvalue weighted by atomic mass is 9.74. The number of rotatable bonds is 23. The van der Waals surface area contributed by atoms with E-state index >= 15 is 13.2 Å². The Hall–Kier alpha value is -9.42. The number of methoxy groups -OCH3 is 1. The summed E-state index contributed by atoms with van der Waals surface area (Å²) < 4.78 is 217. The standard InChI is InChI=1S/C71H51F3O21S6/c1-40-10-11-48(34-41(40)2)42-12-16-44(17-13-42)64-66(50-6-4-8-56(35-50)96-94-92-76)68(52-25-32-60(98(78,79)80)62(38-52)100(84,85)86)65(69(67(64)51-7-5-9-57(36-51)97-95-93-77)53-26-33-61(99(81,82)83)63(39-53)101(87,88)89)45-18-14-43(15-19-45)49-24-31-59(58(37-49)71(72,73)74)91-55-29-22-47(23-30-55)70(75)46-20-27-54(90-3)28-21-46/h4-39,76-77H,1-3H3,(H,78,79,80)(H,81,82,83)(H,84,85,86)(H,87,88,89). The fourth-order valence-electron chi connectivity index (χ4n) is 11.5. The highest BCUT2D eigenvalue weighted by atomic mass is 32.2. The maximum absolute atomic E-state index is 15.4. The Bertz CT molecular complexity index is 5340. The molecule has 11 rings (SSSR count). The molecule has 0 atom stereocenters. The molecule has 30 heteroatoms. The van der Waals surface area contributed by atoms with Crippen LogP contribution in [0.25, 0.3) is 89.0 Å². The number of benzene rings is 11. The summed E-state index contributed by atoms with van der Waals surface area (Å²) >= 11 is 0.993. The summed E-state index contributed by atoms with van der Waals surface area (Å²) in [7, 11) is -21.0. The molecule has 0 bridgehead atoms. The summed E-state index contributed by atoms with van der Waals surface area (Å²) in [6.45, 7) is 3.85. The van der Waals surface area contributed by atoms with Gasteiger partial charge in [0.1, 0.15) is 36.8 Å². The van der Waals surface area contributed by atoms with Gasteiger partial charge in [-0.15, -0.1) is 8.67 Å². The van der Waals surface area contributed by atoms with Crippen LogP contribution in [0.2, 0.25) is 0 Å². The second-order valence-corrected chi connectivity index (χ2v) is 29.4. The van der Waals surface area contributed by atoms with Gasteiger partial charge in [-0.1, -0.05) is 119 Å². The minimum Gasteiger partial charge on any atom is -0.497 e. The molecule has 0 unspecified atom stereocenters. The zero-order valence-electron chi connectivity index (χ0n) is 52.2. The molecule has 0 fully saturated rings. The number of hydrogen-bond donors (Lipinski definition) is 6. The average Bonchev–Trinajstić information content (AvgIpc) is 0.709. The predicted octanol–water partition coefficient (Wildman–Crippen LogP) is 17.5. The van der Waals surface area contributed by atoms with Crippen LogP contribution in [-0.2, 0) is 65.4 Å². The van der Waals surface area contributed by atoms with Crippen molar-refractivity contribution in [2.24, 2.45) is 0 Å². The Kier molecular flexibility index (Phi) is 21.1. The van der Waals surface area contributed by atoms with Crippen molar-refractivity contribution in [1.29, 1.82) is 0 Å². The Morgan fingerprint density at radius 1 is 0.376 bits per heavy atom. The molecule has 0 aromatic heterocycles. The van der Waals surface area contributed by atoms with Gasteiger partial charge in [-0.3, -0.25) is 23.0 Å². The lowest BCUT2D eigenvalue weighted by Crippen LogP contribution is -2.10. The molecular weight excluding hydrogens is 1440 g/mol. The molecule has 0 aliphatic carbocycles. The highest BCUT2D eigenvalue weighted by molar-refractivity contribution is 7.94. The Labute approximate surface area is 584 Å². The van der Waals surface area contributed by atoms with Gasteiger partial charge in [0, 0.05) is 20.9 Å². The van der Waals surface area contributed by atoms with Gasteiger partial charge in [-0.25, -0.2) is 10.5 Å². The highest BCUT2D eigenvalue weighted by Crippen LogP contribution is 2.58. The van der Waals surface area contributed by atoms with Gasteiger partial charge in [0.2, 0.25) is 0 Å². The molecule has 11 aromatic rings. The van der Waals surface area contributed by atoms with Crippen molar-refractivity contribution in [3.8, 4) is 106 Å². The number of aryl methyl sites for hydroxylation is 2. The van der Waals surface area contributed by atoms with Gasteiger partial charge < -0.3 is 9.47 Å². The third-order valence-electron chi connectivity index (χ3n) is 16.1. The second-order valence-electron chi connectivity index (χ2n) is 22.3. The Morgan fingerprint density at radius 3 is 1.12 bits per heavy atom. The van der Waals surface area contributed by atoms with E-state index in [0.717, 1.165) is 41.0 Å². The molecule has 0 heterocycles. The van der Waals surface area contributed by atoms with Crippen LogP contribution in [0.15, 0.2) is 248 Å². The van der Waals surface area contributed by atoms with Gasteiger partial charge in [-0.2, -0.15) is 46.8 Å². The number of hydrogen-bond acceptors (Lipinski definition) is 19. The number of ether oxygens (including phenoxy) is 2. The molecule has 0 aliphatic heterocycles. The van der Waals surface area contributed by atoms with Gasteiger partial charge in [0.25, 0.3) is 40.5 Å². The highest BCUT2D eigenvalue weighted by Gasteiger charge is 2.37. The lowest BCUT2D eigenvalue weighted by molar-refractivity contribution is -0.432. The number of ketones is 1.